The van der Waals surface area contributed by atoms with E-state index in [4.69, 9.17) is 14.2 Å². The van der Waals surface area contributed by atoms with Crippen molar-refractivity contribution in [2.45, 2.75) is 78.0 Å². The molecule has 0 saturated heterocycles. The maximum Gasteiger partial charge on any atom is 0.407 e. The summed E-state index contributed by atoms with van der Waals surface area (Å²) in [6, 6.07) is -0.369. The van der Waals surface area contributed by atoms with Crippen LogP contribution >= 0.6 is 0 Å². The van der Waals surface area contributed by atoms with Gasteiger partial charge in [-0.2, -0.15) is 0 Å². The third kappa shape index (κ3) is 9.44. The first-order valence-corrected chi connectivity index (χ1v) is 9.30. The number of rotatable bonds is 8. The highest BCUT2D eigenvalue weighted by Crippen LogP contribution is 2.20. The van der Waals surface area contributed by atoms with E-state index in [-0.39, 0.29) is 30.8 Å². The molecule has 0 aliphatic heterocycles. The third-order valence-corrected chi connectivity index (χ3v) is 4.05. The summed E-state index contributed by atoms with van der Waals surface area (Å²) in [5, 5.41) is 2.76. The smallest absolute Gasteiger partial charge is 0.407 e. The maximum absolute atomic E-state index is 12.0. The fraction of sp³-hybridized carbons (Fsp3) is 0.737. The van der Waals surface area contributed by atoms with Gasteiger partial charge in [0, 0.05) is 12.2 Å². The molecule has 0 spiro atoms. The third-order valence-electron chi connectivity index (χ3n) is 4.05. The second-order valence-electron chi connectivity index (χ2n) is 7.11. The summed E-state index contributed by atoms with van der Waals surface area (Å²) >= 11 is 0. The molecule has 1 fully saturated rings. The predicted molar refractivity (Wildman–Crippen MR) is 96.4 cm³/mol. The Kier molecular flexibility index (Phi) is 9.76. The molecule has 7 heteroatoms. The first kappa shape index (κ1) is 22.0. The molecule has 1 saturated carbocycles. The molecule has 0 aromatic heterocycles. The zero-order valence-corrected chi connectivity index (χ0v) is 16.2. The summed E-state index contributed by atoms with van der Waals surface area (Å²) in [5.41, 5.74) is 0. The van der Waals surface area contributed by atoms with E-state index >= 15 is 0 Å². The molecule has 0 aromatic rings. The van der Waals surface area contributed by atoms with Crippen molar-refractivity contribution in [3.8, 4) is 0 Å². The quantitative estimate of drug-likeness (QED) is 0.402. The Morgan fingerprint density at radius 3 is 2.19 bits per heavy atom. The summed E-state index contributed by atoms with van der Waals surface area (Å²) in [6.45, 7) is 7.26. The molecule has 0 radical (unpaired) electrons. The molecule has 0 unspecified atom stereocenters. The Labute approximate surface area is 155 Å². The van der Waals surface area contributed by atoms with E-state index in [2.05, 4.69) is 5.32 Å². The van der Waals surface area contributed by atoms with Crippen molar-refractivity contribution in [2.24, 2.45) is 5.92 Å². The summed E-state index contributed by atoms with van der Waals surface area (Å²) in [6.07, 6.45) is 6.40. The van der Waals surface area contributed by atoms with Crippen molar-refractivity contribution in [3.05, 3.63) is 12.2 Å². The van der Waals surface area contributed by atoms with Crippen molar-refractivity contribution < 1.29 is 28.6 Å². The monoisotopic (exact) mass is 369 g/mol. The molecule has 0 bridgehead atoms. The average molecular weight is 369 g/mol. The van der Waals surface area contributed by atoms with E-state index < -0.39 is 18.0 Å². The summed E-state index contributed by atoms with van der Waals surface area (Å²) in [4.78, 5) is 35.1. The molecular formula is C19H31NO6. The number of esters is 2. The largest absolute Gasteiger partial charge is 0.460 e. The van der Waals surface area contributed by atoms with Crippen molar-refractivity contribution in [2.75, 3.05) is 6.61 Å². The van der Waals surface area contributed by atoms with E-state index in [9.17, 15) is 14.4 Å². The Morgan fingerprint density at radius 2 is 1.62 bits per heavy atom. The van der Waals surface area contributed by atoms with Crippen LogP contribution in [0.3, 0.4) is 0 Å². The molecule has 1 atom stereocenters. The van der Waals surface area contributed by atoms with Crippen LogP contribution in [0.1, 0.15) is 59.8 Å². The van der Waals surface area contributed by atoms with Crippen LogP contribution in [0.2, 0.25) is 0 Å². The number of hydrogen-bond acceptors (Lipinski definition) is 6. The van der Waals surface area contributed by atoms with E-state index in [0.717, 1.165) is 37.8 Å². The van der Waals surface area contributed by atoms with Crippen LogP contribution in [0.4, 0.5) is 4.79 Å². The molecule has 7 nitrogen and oxygen atoms in total. The van der Waals surface area contributed by atoms with Crippen molar-refractivity contribution in [3.63, 3.8) is 0 Å². The molecule has 1 aliphatic rings. The highest BCUT2D eigenvalue weighted by Gasteiger charge is 2.22. The van der Waals surface area contributed by atoms with Crippen molar-refractivity contribution in [1.82, 2.24) is 5.32 Å². The van der Waals surface area contributed by atoms with Gasteiger partial charge >= 0.3 is 18.0 Å². The molecule has 26 heavy (non-hydrogen) atoms. The lowest BCUT2D eigenvalue weighted by Crippen LogP contribution is -2.43. The fourth-order valence-electron chi connectivity index (χ4n) is 2.55. The minimum absolute atomic E-state index is 0.000164. The zero-order chi connectivity index (χ0) is 19.5. The van der Waals surface area contributed by atoms with Gasteiger partial charge in [0.25, 0.3) is 0 Å². The van der Waals surface area contributed by atoms with Crippen LogP contribution in [0.5, 0.6) is 0 Å². The Bertz CT molecular complexity index is 494. The second-order valence-corrected chi connectivity index (χ2v) is 7.11. The van der Waals surface area contributed by atoms with Crippen LogP contribution < -0.4 is 5.32 Å². The highest BCUT2D eigenvalue weighted by molar-refractivity contribution is 5.91. The van der Waals surface area contributed by atoms with E-state index in [1.54, 1.807) is 13.8 Å². The fourth-order valence-corrected chi connectivity index (χ4v) is 2.55. The second kappa shape index (κ2) is 11.5. The van der Waals surface area contributed by atoms with Crippen LogP contribution in [0.15, 0.2) is 12.2 Å². The van der Waals surface area contributed by atoms with Gasteiger partial charge in [0.2, 0.25) is 0 Å². The standard InChI is InChI=1S/C19H31NO6/c1-13(2)16(20-19(23)26-15-8-6-5-7-9-15)12-24-17(21)10-11-18(22)25-14(3)4/h10-11,13-16H,5-9,12H2,1-4H3,(H,20,23)/b11-10+/t16-/m1/s1. The highest BCUT2D eigenvalue weighted by atomic mass is 16.6. The minimum Gasteiger partial charge on any atom is -0.460 e. The van der Waals surface area contributed by atoms with Crippen LogP contribution in [0.25, 0.3) is 0 Å². The molecule has 1 aliphatic carbocycles. The zero-order valence-electron chi connectivity index (χ0n) is 16.2. The number of carbonyl (C=O) groups is 3. The molecule has 1 amide bonds. The molecule has 0 aromatic carbocycles. The van der Waals surface area contributed by atoms with Crippen LogP contribution in [-0.4, -0.2) is 42.9 Å². The number of hydrogen-bond donors (Lipinski definition) is 1. The average Bonchev–Trinajstić information content (AvgIpc) is 2.56. The summed E-state index contributed by atoms with van der Waals surface area (Å²) < 4.78 is 15.4. The molecule has 1 rings (SSSR count). The first-order chi connectivity index (χ1) is 12.3. The number of alkyl carbamates (subject to hydrolysis) is 1. The SMILES string of the molecule is CC(C)OC(=O)/C=C/C(=O)OC[C@@H](NC(=O)OC1CCCCC1)C(C)C. The number of amides is 1. The van der Waals surface area contributed by atoms with Gasteiger partial charge in [-0.15, -0.1) is 0 Å². The summed E-state index contributed by atoms with van der Waals surface area (Å²) in [5.74, 6) is -1.22. The van der Waals surface area contributed by atoms with Gasteiger partial charge in [0.15, 0.2) is 0 Å². The molecule has 148 valence electrons. The van der Waals surface area contributed by atoms with Gasteiger partial charge in [-0.3, -0.25) is 0 Å². The van der Waals surface area contributed by atoms with Gasteiger partial charge < -0.3 is 19.5 Å². The number of carbonyl (C=O) groups excluding carboxylic acids is 3. The number of ether oxygens (including phenoxy) is 3. The van der Waals surface area contributed by atoms with Crippen molar-refractivity contribution in [1.29, 1.82) is 0 Å². The topological polar surface area (TPSA) is 90.9 Å². The van der Waals surface area contributed by atoms with Gasteiger partial charge in [-0.1, -0.05) is 20.3 Å². The van der Waals surface area contributed by atoms with Gasteiger partial charge in [-0.25, -0.2) is 14.4 Å². The van der Waals surface area contributed by atoms with E-state index in [1.165, 1.54) is 6.42 Å². The predicted octanol–water partition coefficient (Wildman–Crippen LogP) is 3.12. The van der Waals surface area contributed by atoms with E-state index in [0.29, 0.717) is 0 Å². The molecule has 1 N–H and O–H groups in total. The van der Waals surface area contributed by atoms with Gasteiger partial charge in [-0.05, 0) is 45.4 Å². The van der Waals surface area contributed by atoms with E-state index in [1.807, 2.05) is 13.8 Å². The molecular weight excluding hydrogens is 338 g/mol. The van der Waals surface area contributed by atoms with Crippen LogP contribution in [0, 0.1) is 5.92 Å². The Balaban J connectivity index is 2.39. The normalized spacial score (nSPS) is 16.5. The minimum atomic E-state index is -0.668. The van der Waals surface area contributed by atoms with Crippen LogP contribution in [-0.2, 0) is 23.8 Å². The summed E-state index contributed by atoms with van der Waals surface area (Å²) in [7, 11) is 0. The maximum atomic E-state index is 12.0. The first-order valence-electron chi connectivity index (χ1n) is 9.30. The van der Waals surface area contributed by atoms with Crippen molar-refractivity contribution >= 4 is 18.0 Å². The lowest BCUT2D eigenvalue weighted by molar-refractivity contribution is -0.143. The van der Waals surface area contributed by atoms with Gasteiger partial charge in [0.1, 0.15) is 12.7 Å². The Morgan fingerprint density at radius 1 is 1.00 bits per heavy atom. The lowest BCUT2D eigenvalue weighted by Gasteiger charge is -2.25. The number of nitrogens with one attached hydrogen (secondary N) is 1. The Hall–Kier alpha value is -2.05. The van der Waals surface area contributed by atoms with Gasteiger partial charge in [0.05, 0.1) is 12.1 Å². The molecule has 0 heterocycles. The lowest BCUT2D eigenvalue weighted by atomic mass is 9.98.